The molecule has 2 amide bonds. The highest BCUT2D eigenvalue weighted by Gasteiger charge is 2.33. The molecule has 4 fully saturated rings. The highest BCUT2D eigenvalue weighted by Crippen LogP contribution is 2.34. The first-order valence-corrected chi connectivity index (χ1v) is 19.5. The minimum Gasteiger partial charge on any atom is -0.493 e. The number of hydrogen-bond donors (Lipinski definition) is 5. The van der Waals surface area contributed by atoms with Gasteiger partial charge in [-0.1, -0.05) is 0 Å². The van der Waals surface area contributed by atoms with E-state index in [1.165, 1.54) is 6.07 Å². The number of carbonyl (C=O) groups is 3. The average Bonchev–Trinajstić information content (AvgIpc) is 3.12. The molecule has 0 radical (unpaired) electrons. The number of imide groups is 1. The van der Waals surface area contributed by atoms with E-state index in [9.17, 15) is 23.9 Å². The van der Waals surface area contributed by atoms with Crippen molar-refractivity contribution >= 4 is 46.6 Å². The van der Waals surface area contributed by atoms with Crippen molar-refractivity contribution in [2.24, 2.45) is 11.8 Å². The van der Waals surface area contributed by atoms with Crippen LogP contribution in [0.3, 0.4) is 0 Å². The number of nitrogens with zero attached hydrogens (tertiary/aromatic N) is 2. The molecule has 3 aromatic rings. The summed E-state index contributed by atoms with van der Waals surface area (Å²) in [5.41, 5.74) is 0.664. The van der Waals surface area contributed by atoms with E-state index < -0.39 is 17.4 Å². The Hall–Kier alpha value is -4.21. The predicted molar refractivity (Wildman–Crippen MR) is 199 cm³/mol. The Bertz CT molecular complexity index is 1770. The summed E-state index contributed by atoms with van der Waals surface area (Å²) in [6.07, 6.45) is 8.38. The molecular weight excluding hydrogens is 706 g/mol. The lowest BCUT2D eigenvalue weighted by molar-refractivity contribution is -0.133. The Morgan fingerprint density at radius 1 is 0.981 bits per heavy atom. The van der Waals surface area contributed by atoms with E-state index in [1.54, 1.807) is 17.8 Å². The minimum atomic E-state index is -0.622. The summed E-state index contributed by atoms with van der Waals surface area (Å²) in [6.45, 7) is 3.31. The fourth-order valence-corrected chi connectivity index (χ4v) is 8.63. The number of carboxylic acid groups (broad SMARTS) is 1. The average molecular weight is 754 g/mol. The van der Waals surface area contributed by atoms with E-state index in [0.717, 1.165) is 82.4 Å². The SMILES string of the molecule is O=C1CCC(Nc2ccc(OC3CC(CN4CCC(COc5cc(F)c6c(=O)[nH]c(CSC7CCC(O)CC7)nc6c5)CC4)C3)cc2)C(=O)N1.O=CO. The molecular formula is C38H48FN5O8S. The number of halogens is 1. The summed E-state index contributed by atoms with van der Waals surface area (Å²) >= 11 is 1.72. The van der Waals surface area contributed by atoms with Gasteiger partial charge in [0.15, 0.2) is 0 Å². The van der Waals surface area contributed by atoms with Crippen LogP contribution >= 0.6 is 11.8 Å². The molecule has 2 aliphatic heterocycles. The predicted octanol–water partition coefficient (Wildman–Crippen LogP) is 4.47. The van der Waals surface area contributed by atoms with Crippen LogP contribution in [-0.4, -0.2) is 93.1 Å². The fraction of sp³-hybridized carbons (Fsp3) is 0.553. The first-order chi connectivity index (χ1) is 25.6. The molecule has 0 spiro atoms. The number of ether oxygens (including phenoxy) is 2. The van der Waals surface area contributed by atoms with Gasteiger partial charge >= 0.3 is 0 Å². The first-order valence-electron chi connectivity index (χ1n) is 18.5. The molecule has 3 heterocycles. The number of piperidine rings is 2. The molecule has 7 rings (SSSR count). The number of thioether (sulfide) groups is 1. The van der Waals surface area contributed by atoms with Crippen molar-refractivity contribution in [1.82, 2.24) is 20.2 Å². The summed E-state index contributed by atoms with van der Waals surface area (Å²) in [5.74, 6) is 2.13. The molecule has 15 heteroatoms. The highest BCUT2D eigenvalue weighted by atomic mass is 32.2. The van der Waals surface area contributed by atoms with Gasteiger partial charge < -0.3 is 34.9 Å². The molecule has 2 aromatic carbocycles. The molecule has 13 nitrogen and oxygen atoms in total. The molecule has 286 valence electrons. The van der Waals surface area contributed by atoms with E-state index >= 15 is 0 Å². The van der Waals surface area contributed by atoms with E-state index in [0.29, 0.717) is 59.4 Å². The molecule has 0 bridgehead atoms. The van der Waals surface area contributed by atoms with Crippen LogP contribution in [0.4, 0.5) is 10.1 Å². The highest BCUT2D eigenvalue weighted by molar-refractivity contribution is 7.99. The van der Waals surface area contributed by atoms with Gasteiger partial charge in [-0.05, 0) is 107 Å². The zero-order chi connectivity index (χ0) is 37.3. The van der Waals surface area contributed by atoms with Gasteiger partial charge in [0.25, 0.3) is 12.0 Å². The van der Waals surface area contributed by atoms with Gasteiger partial charge in [-0.15, -0.1) is 0 Å². The molecule has 2 aliphatic carbocycles. The van der Waals surface area contributed by atoms with E-state index in [-0.39, 0.29) is 35.9 Å². The second-order valence-electron chi connectivity index (χ2n) is 14.5. The Labute approximate surface area is 311 Å². The normalized spacial score (nSPS) is 25.1. The summed E-state index contributed by atoms with van der Waals surface area (Å²) in [4.78, 5) is 54.3. The number of aromatic amines is 1. The lowest BCUT2D eigenvalue weighted by Gasteiger charge is -2.40. The van der Waals surface area contributed by atoms with Gasteiger partial charge in [-0.2, -0.15) is 11.8 Å². The number of aliphatic hydroxyl groups is 1. The maximum atomic E-state index is 15.0. The molecule has 2 saturated carbocycles. The third kappa shape index (κ3) is 10.7. The molecule has 1 atom stereocenters. The maximum Gasteiger partial charge on any atom is 0.290 e. The molecule has 1 aromatic heterocycles. The summed E-state index contributed by atoms with van der Waals surface area (Å²) in [7, 11) is 0. The number of aliphatic hydroxyl groups excluding tert-OH is 1. The quantitative estimate of drug-likeness (QED) is 0.130. The minimum absolute atomic E-state index is 0.0407. The number of likely N-dealkylation sites (tertiary alicyclic amines) is 1. The number of benzene rings is 2. The van der Waals surface area contributed by atoms with Crippen molar-refractivity contribution in [3.63, 3.8) is 0 Å². The number of amides is 2. The number of anilines is 1. The second-order valence-corrected chi connectivity index (χ2v) is 15.8. The fourth-order valence-electron chi connectivity index (χ4n) is 7.50. The van der Waals surface area contributed by atoms with Crippen LogP contribution in [0.2, 0.25) is 0 Å². The third-order valence-electron chi connectivity index (χ3n) is 10.5. The van der Waals surface area contributed by atoms with Crippen LogP contribution in [-0.2, 0) is 20.1 Å². The molecule has 4 aliphatic rings. The Balaban J connectivity index is 0.00000155. The molecule has 5 N–H and O–H groups in total. The monoisotopic (exact) mass is 753 g/mol. The molecule has 1 unspecified atom stereocenters. The van der Waals surface area contributed by atoms with Crippen LogP contribution in [0.25, 0.3) is 10.9 Å². The first kappa shape index (κ1) is 38.5. The summed E-state index contributed by atoms with van der Waals surface area (Å²) in [5, 5.41) is 22.6. The summed E-state index contributed by atoms with van der Waals surface area (Å²) < 4.78 is 27.2. The van der Waals surface area contributed by atoms with Crippen molar-refractivity contribution in [3.05, 3.63) is 58.4 Å². The van der Waals surface area contributed by atoms with Gasteiger partial charge in [0.05, 0.1) is 30.1 Å². The number of carbonyl (C=O) groups excluding carboxylic acids is 2. The van der Waals surface area contributed by atoms with E-state index in [2.05, 4.69) is 25.5 Å². The third-order valence-corrected chi connectivity index (χ3v) is 11.9. The topological polar surface area (TPSA) is 183 Å². The van der Waals surface area contributed by atoms with E-state index in [1.807, 2.05) is 24.3 Å². The summed E-state index contributed by atoms with van der Waals surface area (Å²) in [6, 6.07) is 10.2. The van der Waals surface area contributed by atoms with Crippen LogP contribution in [0.1, 0.15) is 70.0 Å². The number of fused-ring (bicyclic) bond motifs is 1. The van der Waals surface area contributed by atoms with Crippen LogP contribution in [0, 0.1) is 17.7 Å². The lowest BCUT2D eigenvalue weighted by Crippen LogP contribution is -2.47. The number of aromatic nitrogens is 2. The van der Waals surface area contributed by atoms with E-state index in [4.69, 9.17) is 19.4 Å². The van der Waals surface area contributed by atoms with Gasteiger partial charge in [0.1, 0.15) is 34.6 Å². The smallest absolute Gasteiger partial charge is 0.290 e. The Morgan fingerprint density at radius 3 is 2.40 bits per heavy atom. The lowest BCUT2D eigenvalue weighted by atomic mass is 9.81. The van der Waals surface area contributed by atoms with Crippen molar-refractivity contribution in [2.45, 2.75) is 93.5 Å². The zero-order valence-electron chi connectivity index (χ0n) is 29.6. The number of hydrogen-bond acceptors (Lipinski definition) is 11. The number of rotatable bonds is 12. The van der Waals surface area contributed by atoms with Crippen molar-refractivity contribution in [1.29, 1.82) is 0 Å². The van der Waals surface area contributed by atoms with Crippen molar-refractivity contribution in [3.8, 4) is 11.5 Å². The van der Waals surface area contributed by atoms with Crippen molar-refractivity contribution < 1.29 is 38.5 Å². The number of nitrogens with one attached hydrogen (secondary N) is 3. The Kier molecular flexibility index (Phi) is 13.2. The van der Waals surface area contributed by atoms with Crippen LogP contribution < -0.4 is 25.7 Å². The van der Waals surface area contributed by atoms with Gasteiger partial charge in [0.2, 0.25) is 11.8 Å². The standard InChI is InChI=1S/C37H46FN5O6S.CH2O2/c38-30-17-27(18-32-35(30)37(47)41-33(40-32)21-50-29-7-3-25(44)4-8-29)48-20-22-11-13-43(14-12-22)19-23-15-28(16-23)49-26-5-1-24(2-6-26)39-31-9-10-34(45)42-36(31)46;2-1-3/h1-2,5-6,17-18,22-23,25,28-29,31,39,44H,3-4,7-16,19-21H2,(H,40,41,47)(H,42,45,46);1H,(H,2,3). The van der Waals surface area contributed by atoms with Crippen LogP contribution in [0.15, 0.2) is 41.2 Å². The molecule has 2 saturated heterocycles. The van der Waals surface area contributed by atoms with Crippen molar-refractivity contribution in [2.75, 3.05) is 31.6 Å². The Morgan fingerprint density at radius 2 is 1.70 bits per heavy atom. The second kappa shape index (κ2) is 18.2. The van der Waals surface area contributed by atoms with Gasteiger partial charge in [-0.3, -0.25) is 24.5 Å². The number of H-pyrrole nitrogens is 1. The maximum absolute atomic E-state index is 15.0. The molecule has 53 heavy (non-hydrogen) atoms. The zero-order valence-corrected chi connectivity index (χ0v) is 30.5. The van der Waals surface area contributed by atoms with Gasteiger partial charge in [0, 0.05) is 36.0 Å². The van der Waals surface area contributed by atoms with Crippen LogP contribution in [0.5, 0.6) is 11.5 Å². The van der Waals surface area contributed by atoms with Gasteiger partial charge in [-0.25, -0.2) is 9.37 Å². The largest absolute Gasteiger partial charge is 0.493 e.